The minimum atomic E-state index is -1.16. The lowest BCUT2D eigenvalue weighted by molar-refractivity contribution is 0.0663. The van der Waals surface area contributed by atoms with Crippen LogP contribution >= 0.6 is 0 Å². The van der Waals surface area contributed by atoms with Gasteiger partial charge in [0.25, 0.3) is 5.91 Å². The van der Waals surface area contributed by atoms with Crippen LogP contribution in [0.4, 0.5) is 10.2 Å². The number of rotatable bonds is 4. The van der Waals surface area contributed by atoms with Crippen LogP contribution < -0.4 is 5.32 Å². The standard InChI is InChI=1S/C19H12FN3O4/c20-12-3-1-2-11(8-12)18(24)21-17-13-9-10(4-5-14(13)22-23-17)15-6-7-16(27-15)19(25)26/h1-9H,(H,25,26)(H2,21,22,23,24). The number of aromatic carboxylic acids is 1. The van der Waals surface area contributed by atoms with Crippen LogP contribution in [0.15, 0.2) is 59.0 Å². The number of nitrogens with one attached hydrogen (secondary N) is 2. The maximum absolute atomic E-state index is 13.3. The van der Waals surface area contributed by atoms with Gasteiger partial charge in [-0.3, -0.25) is 9.89 Å². The number of amides is 1. The third kappa shape index (κ3) is 3.15. The second kappa shape index (κ2) is 6.41. The van der Waals surface area contributed by atoms with Crippen LogP contribution in [-0.2, 0) is 0 Å². The molecule has 0 aliphatic carbocycles. The van der Waals surface area contributed by atoms with E-state index in [1.165, 1.54) is 24.3 Å². The molecule has 0 saturated carbocycles. The van der Waals surface area contributed by atoms with Crippen LogP contribution in [0.5, 0.6) is 0 Å². The van der Waals surface area contributed by atoms with Gasteiger partial charge in [-0.2, -0.15) is 5.10 Å². The Morgan fingerprint density at radius 3 is 2.70 bits per heavy atom. The van der Waals surface area contributed by atoms with E-state index in [9.17, 15) is 14.0 Å². The Balaban J connectivity index is 1.67. The van der Waals surface area contributed by atoms with Crippen LogP contribution in [0.3, 0.4) is 0 Å². The highest BCUT2D eigenvalue weighted by Crippen LogP contribution is 2.29. The zero-order chi connectivity index (χ0) is 19.0. The molecular weight excluding hydrogens is 353 g/mol. The van der Waals surface area contributed by atoms with Crippen LogP contribution in [0.2, 0.25) is 0 Å². The van der Waals surface area contributed by atoms with E-state index < -0.39 is 17.7 Å². The van der Waals surface area contributed by atoms with Gasteiger partial charge in [-0.05, 0) is 48.5 Å². The Hall–Kier alpha value is -3.94. The molecule has 3 N–H and O–H groups in total. The summed E-state index contributed by atoms with van der Waals surface area (Å²) in [4.78, 5) is 23.3. The summed E-state index contributed by atoms with van der Waals surface area (Å²) in [5, 5.41) is 19.1. The Bertz CT molecular complexity index is 1180. The molecule has 0 unspecified atom stereocenters. The van der Waals surface area contributed by atoms with E-state index in [4.69, 9.17) is 9.52 Å². The second-order valence-electron chi connectivity index (χ2n) is 5.77. The molecular formula is C19H12FN3O4. The molecule has 0 saturated heterocycles. The number of carbonyl (C=O) groups is 2. The minimum absolute atomic E-state index is 0.166. The first-order chi connectivity index (χ1) is 13.0. The molecule has 7 nitrogen and oxygen atoms in total. The normalized spacial score (nSPS) is 10.9. The number of H-pyrrole nitrogens is 1. The van der Waals surface area contributed by atoms with E-state index in [2.05, 4.69) is 15.5 Å². The molecule has 0 bridgehead atoms. The van der Waals surface area contributed by atoms with Gasteiger partial charge in [0.05, 0.1) is 5.52 Å². The summed E-state index contributed by atoms with van der Waals surface area (Å²) in [6.07, 6.45) is 0. The Morgan fingerprint density at radius 1 is 1.11 bits per heavy atom. The van der Waals surface area contributed by atoms with E-state index in [1.807, 2.05) is 0 Å². The summed E-state index contributed by atoms with van der Waals surface area (Å²) in [6, 6.07) is 13.4. The second-order valence-corrected chi connectivity index (χ2v) is 5.77. The highest BCUT2D eigenvalue weighted by molar-refractivity contribution is 6.08. The molecule has 0 aliphatic rings. The molecule has 4 aromatic rings. The lowest BCUT2D eigenvalue weighted by Gasteiger charge is -2.03. The highest BCUT2D eigenvalue weighted by atomic mass is 19.1. The zero-order valence-corrected chi connectivity index (χ0v) is 13.7. The number of anilines is 1. The van der Waals surface area contributed by atoms with Gasteiger partial charge in [0.2, 0.25) is 5.76 Å². The first-order valence-electron chi connectivity index (χ1n) is 7.90. The predicted molar refractivity (Wildman–Crippen MR) is 95.1 cm³/mol. The van der Waals surface area contributed by atoms with Crippen molar-refractivity contribution in [2.75, 3.05) is 5.32 Å². The van der Waals surface area contributed by atoms with Crippen molar-refractivity contribution in [1.29, 1.82) is 0 Å². The predicted octanol–water partition coefficient (Wildman–Crippen LogP) is 3.91. The lowest BCUT2D eigenvalue weighted by Crippen LogP contribution is -2.12. The summed E-state index contributed by atoms with van der Waals surface area (Å²) in [6.45, 7) is 0. The van der Waals surface area contributed by atoms with Crippen molar-refractivity contribution in [1.82, 2.24) is 10.2 Å². The molecule has 2 aromatic heterocycles. The quantitative estimate of drug-likeness (QED) is 0.508. The Morgan fingerprint density at radius 2 is 1.96 bits per heavy atom. The summed E-state index contributed by atoms with van der Waals surface area (Å²) in [7, 11) is 0. The van der Waals surface area contributed by atoms with Crippen molar-refractivity contribution in [3.63, 3.8) is 0 Å². The number of aromatic nitrogens is 2. The van der Waals surface area contributed by atoms with Crippen molar-refractivity contribution < 1.29 is 23.5 Å². The number of halogens is 1. The number of hydrogen-bond acceptors (Lipinski definition) is 4. The molecule has 27 heavy (non-hydrogen) atoms. The number of aromatic amines is 1. The van der Waals surface area contributed by atoms with Crippen LogP contribution in [0.1, 0.15) is 20.9 Å². The summed E-state index contributed by atoms with van der Waals surface area (Å²) >= 11 is 0. The molecule has 0 radical (unpaired) electrons. The summed E-state index contributed by atoms with van der Waals surface area (Å²) < 4.78 is 18.6. The maximum Gasteiger partial charge on any atom is 0.371 e. The monoisotopic (exact) mass is 365 g/mol. The first kappa shape index (κ1) is 16.5. The number of carboxylic acids is 1. The van der Waals surface area contributed by atoms with E-state index >= 15 is 0 Å². The van der Waals surface area contributed by atoms with Gasteiger partial charge in [0.15, 0.2) is 5.82 Å². The SMILES string of the molecule is O=C(Nc1n[nH]c2ccc(-c3ccc(C(=O)O)o3)cc12)c1cccc(F)c1. The number of nitrogens with zero attached hydrogens (tertiary/aromatic N) is 1. The fourth-order valence-electron chi connectivity index (χ4n) is 2.68. The maximum atomic E-state index is 13.3. The third-order valence-corrected chi connectivity index (χ3v) is 3.98. The molecule has 0 fully saturated rings. The highest BCUT2D eigenvalue weighted by Gasteiger charge is 2.15. The molecule has 134 valence electrons. The van der Waals surface area contributed by atoms with Crippen molar-refractivity contribution in [2.24, 2.45) is 0 Å². The molecule has 0 spiro atoms. The molecule has 0 atom stereocenters. The first-order valence-corrected chi connectivity index (χ1v) is 7.90. The number of carboxylic acid groups (broad SMARTS) is 1. The molecule has 0 aliphatic heterocycles. The Labute approximate surface area is 151 Å². The average Bonchev–Trinajstić information content (AvgIpc) is 3.29. The zero-order valence-electron chi connectivity index (χ0n) is 13.7. The minimum Gasteiger partial charge on any atom is -0.475 e. The number of carbonyl (C=O) groups excluding carboxylic acids is 1. The number of hydrogen-bond donors (Lipinski definition) is 3. The summed E-state index contributed by atoms with van der Waals surface area (Å²) in [5.41, 5.74) is 1.45. The lowest BCUT2D eigenvalue weighted by atomic mass is 10.1. The van der Waals surface area contributed by atoms with E-state index in [-0.39, 0.29) is 17.1 Å². The topological polar surface area (TPSA) is 108 Å². The van der Waals surface area contributed by atoms with E-state index in [0.29, 0.717) is 22.2 Å². The van der Waals surface area contributed by atoms with Crippen molar-refractivity contribution in [3.05, 3.63) is 71.7 Å². The van der Waals surface area contributed by atoms with Gasteiger partial charge in [0, 0.05) is 16.5 Å². The Kier molecular flexibility index (Phi) is 3.92. The molecule has 4 rings (SSSR count). The van der Waals surface area contributed by atoms with Crippen molar-refractivity contribution >= 4 is 28.6 Å². The largest absolute Gasteiger partial charge is 0.475 e. The molecule has 2 heterocycles. The van der Waals surface area contributed by atoms with Crippen LogP contribution in [-0.4, -0.2) is 27.2 Å². The van der Waals surface area contributed by atoms with Gasteiger partial charge in [-0.25, -0.2) is 9.18 Å². The van der Waals surface area contributed by atoms with Crippen LogP contribution in [0, 0.1) is 5.82 Å². The fourth-order valence-corrected chi connectivity index (χ4v) is 2.68. The number of fused-ring (bicyclic) bond motifs is 1. The van der Waals surface area contributed by atoms with E-state index in [0.717, 1.165) is 6.07 Å². The third-order valence-electron chi connectivity index (χ3n) is 3.98. The fraction of sp³-hybridized carbons (Fsp3) is 0. The van der Waals surface area contributed by atoms with Gasteiger partial charge >= 0.3 is 5.97 Å². The molecule has 8 heteroatoms. The number of furan rings is 1. The molecule has 2 aromatic carbocycles. The van der Waals surface area contributed by atoms with E-state index in [1.54, 1.807) is 24.3 Å². The van der Waals surface area contributed by atoms with Crippen LogP contribution in [0.25, 0.3) is 22.2 Å². The number of benzene rings is 2. The van der Waals surface area contributed by atoms with Gasteiger partial charge in [-0.15, -0.1) is 0 Å². The van der Waals surface area contributed by atoms with Gasteiger partial charge in [-0.1, -0.05) is 6.07 Å². The van der Waals surface area contributed by atoms with Gasteiger partial charge in [0.1, 0.15) is 11.6 Å². The molecule has 1 amide bonds. The average molecular weight is 365 g/mol. The van der Waals surface area contributed by atoms with Gasteiger partial charge < -0.3 is 14.8 Å². The summed E-state index contributed by atoms with van der Waals surface area (Å²) in [5.74, 6) is -1.70. The van der Waals surface area contributed by atoms with Crippen molar-refractivity contribution in [2.45, 2.75) is 0 Å². The van der Waals surface area contributed by atoms with Crippen molar-refractivity contribution in [3.8, 4) is 11.3 Å². The smallest absolute Gasteiger partial charge is 0.371 e.